The van der Waals surface area contributed by atoms with Gasteiger partial charge in [-0.15, -0.1) is 0 Å². The molecule has 0 saturated heterocycles. The minimum absolute atomic E-state index is 0.0475. The molecule has 2 aliphatic carbocycles. The van der Waals surface area contributed by atoms with Crippen LogP contribution in [-0.4, -0.2) is 23.3 Å². The van der Waals surface area contributed by atoms with Gasteiger partial charge in [-0.25, -0.2) is 0 Å². The van der Waals surface area contributed by atoms with Gasteiger partial charge in [-0.3, -0.25) is 0 Å². The smallest absolute Gasteiger partial charge is 0.0613 e. The first kappa shape index (κ1) is 14.3. The Kier molecular flexibility index (Phi) is 5.50. The third kappa shape index (κ3) is 3.71. The maximum absolute atomic E-state index is 9.89. The van der Waals surface area contributed by atoms with Gasteiger partial charge >= 0.3 is 0 Å². The van der Waals surface area contributed by atoms with Gasteiger partial charge in [-0.2, -0.15) is 0 Å². The van der Waals surface area contributed by atoms with Crippen LogP contribution in [-0.2, 0) is 0 Å². The average Bonchev–Trinajstić information content (AvgIpc) is 2.63. The zero-order chi connectivity index (χ0) is 12.8. The molecular weight excluding hydrogens is 222 g/mol. The molecule has 0 amide bonds. The first-order valence-electron chi connectivity index (χ1n) is 8.16. The van der Waals surface area contributed by atoms with Crippen molar-refractivity contribution in [3.63, 3.8) is 0 Å². The Labute approximate surface area is 113 Å². The lowest BCUT2D eigenvalue weighted by Gasteiger charge is -2.38. The van der Waals surface area contributed by atoms with Crippen LogP contribution in [0.1, 0.15) is 77.6 Å². The molecule has 2 nitrogen and oxygen atoms in total. The van der Waals surface area contributed by atoms with Gasteiger partial charge in [0.2, 0.25) is 0 Å². The molecule has 2 unspecified atom stereocenters. The van der Waals surface area contributed by atoms with E-state index in [1.165, 1.54) is 70.6 Å². The summed E-state index contributed by atoms with van der Waals surface area (Å²) in [6, 6.07) is 0.670. The van der Waals surface area contributed by atoms with E-state index in [-0.39, 0.29) is 5.54 Å². The van der Waals surface area contributed by atoms with Crippen LogP contribution in [0.2, 0.25) is 0 Å². The zero-order valence-electron chi connectivity index (χ0n) is 12.1. The molecule has 0 aliphatic heterocycles. The van der Waals surface area contributed by atoms with Crippen LogP contribution >= 0.6 is 0 Å². The van der Waals surface area contributed by atoms with Gasteiger partial charge in [0.25, 0.3) is 0 Å². The van der Waals surface area contributed by atoms with E-state index >= 15 is 0 Å². The normalized spacial score (nSPS) is 35.3. The summed E-state index contributed by atoms with van der Waals surface area (Å²) in [6.45, 7) is 2.64. The second kappa shape index (κ2) is 6.91. The maximum Gasteiger partial charge on any atom is 0.0613 e. The van der Waals surface area contributed by atoms with E-state index in [9.17, 15) is 5.11 Å². The van der Waals surface area contributed by atoms with Gasteiger partial charge in [-0.05, 0) is 38.0 Å². The van der Waals surface area contributed by atoms with Crippen molar-refractivity contribution < 1.29 is 5.11 Å². The molecule has 0 aromatic rings. The van der Waals surface area contributed by atoms with E-state index in [1.807, 2.05) is 0 Å². The number of aliphatic hydroxyl groups excluding tert-OH is 1. The van der Waals surface area contributed by atoms with Crippen molar-refractivity contribution in [3.8, 4) is 0 Å². The number of nitrogens with one attached hydrogen (secondary N) is 1. The highest BCUT2D eigenvalue weighted by Gasteiger charge is 2.34. The van der Waals surface area contributed by atoms with E-state index < -0.39 is 0 Å². The average molecular weight is 253 g/mol. The largest absolute Gasteiger partial charge is 0.394 e. The molecule has 0 bridgehead atoms. The lowest BCUT2D eigenvalue weighted by atomic mass is 9.86. The summed E-state index contributed by atoms with van der Waals surface area (Å²) in [5.41, 5.74) is 0.0475. The Morgan fingerprint density at radius 3 is 2.44 bits per heavy atom. The van der Waals surface area contributed by atoms with Crippen molar-refractivity contribution >= 4 is 0 Å². The highest BCUT2D eigenvalue weighted by atomic mass is 16.3. The van der Waals surface area contributed by atoms with Gasteiger partial charge in [-0.1, -0.05) is 45.4 Å². The molecule has 0 radical (unpaired) electrons. The summed E-state index contributed by atoms with van der Waals surface area (Å²) in [4.78, 5) is 0. The molecule has 0 aromatic heterocycles. The van der Waals surface area contributed by atoms with Crippen LogP contribution in [0.4, 0.5) is 0 Å². The Balaban J connectivity index is 1.91. The molecule has 2 saturated carbocycles. The van der Waals surface area contributed by atoms with Gasteiger partial charge in [0.1, 0.15) is 0 Å². The monoisotopic (exact) mass is 253 g/mol. The second-order valence-corrected chi connectivity index (χ2v) is 6.62. The minimum atomic E-state index is 0.0475. The first-order chi connectivity index (χ1) is 8.78. The van der Waals surface area contributed by atoms with Gasteiger partial charge in [0, 0.05) is 11.6 Å². The fourth-order valence-corrected chi connectivity index (χ4v) is 3.92. The number of aliphatic hydroxyl groups is 1. The molecule has 2 heteroatoms. The van der Waals surface area contributed by atoms with Crippen molar-refractivity contribution in [1.82, 2.24) is 5.32 Å². The third-order valence-electron chi connectivity index (χ3n) is 5.29. The molecule has 0 aromatic carbocycles. The van der Waals surface area contributed by atoms with Gasteiger partial charge in [0.05, 0.1) is 6.61 Å². The van der Waals surface area contributed by atoms with E-state index in [2.05, 4.69) is 12.2 Å². The summed E-state index contributed by atoms with van der Waals surface area (Å²) in [5.74, 6) is 0.895. The summed E-state index contributed by atoms with van der Waals surface area (Å²) in [6.07, 6.45) is 14.4. The Bertz CT molecular complexity index is 237. The molecule has 106 valence electrons. The highest BCUT2D eigenvalue weighted by Crippen LogP contribution is 2.33. The van der Waals surface area contributed by atoms with Crippen molar-refractivity contribution in [2.75, 3.05) is 6.61 Å². The molecule has 0 heterocycles. The second-order valence-electron chi connectivity index (χ2n) is 6.62. The summed E-state index contributed by atoms with van der Waals surface area (Å²) in [5, 5.41) is 13.7. The van der Waals surface area contributed by atoms with E-state index in [0.29, 0.717) is 12.6 Å². The first-order valence-corrected chi connectivity index (χ1v) is 8.16. The van der Waals surface area contributed by atoms with Crippen molar-refractivity contribution in [2.24, 2.45) is 5.92 Å². The zero-order valence-corrected chi connectivity index (χ0v) is 12.1. The van der Waals surface area contributed by atoms with E-state index in [4.69, 9.17) is 0 Å². The van der Waals surface area contributed by atoms with Crippen LogP contribution in [0.15, 0.2) is 0 Å². The molecule has 0 spiro atoms. The van der Waals surface area contributed by atoms with Gasteiger partial charge in [0.15, 0.2) is 0 Å². The lowest BCUT2D eigenvalue weighted by molar-refractivity contribution is 0.121. The Morgan fingerprint density at radius 1 is 1.00 bits per heavy atom. The third-order valence-corrected chi connectivity index (χ3v) is 5.29. The van der Waals surface area contributed by atoms with Crippen LogP contribution < -0.4 is 5.32 Å². The fourth-order valence-electron chi connectivity index (χ4n) is 3.92. The standard InChI is InChI=1S/C16H31NO/c1-2-14-7-6-11-16(13-18,12-10-14)17-15-8-4-3-5-9-15/h14-15,17-18H,2-13H2,1H3. The van der Waals surface area contributed by atoms with Crippen LogP contribution in [0.25, 0.3) is 0 Å². The maximum atomic E-state index is 9.89. The SMILES string of the molecule is CCC1CCCC(CO)(NC2CCCCC2)CC1. The van der Waals surface area contributed by atoms with Crippen LogP contribution in [0.3, 0.4) is 0 Å². The fraction of sp³-hybridized carbons (Fsp3) is 1.00. The summed E-state index contributed by atoms with van der Waals surface area (Å²) >= 11 is 0. The van der Waals surface area contributed by atoms with Gasteiger partial charge < -0.3 is 10.4 Å². The predicted octanol–water partition coefficient (Wildman–Crippen LogP) is 3.63. The molecule has 2 N–H and O–H groups in total. The molecule has 2 atom stereocenters. The van der Waals surface area contributed by atoms with E-state index in [0.717, 1.165) is 5.92 Å². The molecule has 2 fully saturated rings. The van der Waals surface area contributed by atoms with Crippen LogP contribution in [0, 0.1) is 5.92 Å². The summed E-state index contributed by atoms with van der Waals surface area (Å²) in [7, 11) is 0. The molecular formula is C16H31NO. The molecule has 2 aliphatic rings. The Morgan fingerprint density at radius 2 is 1.78 bits per heavy atom. The lowest BCUT2D eigenvalue weighted by Crippen LogP contribution is -2.53. The number of hydrogen-bond acceptors (Lipinski definition) is 2. The van der Waals surface area contributed by atoms with E-state index in [1.54, 1.807) is 0 Å². The van der Waals surface area contributed by atoms with Crippen molar-refractivity contribution in [2.45, 2.75) is 89.1 Å². The van der Waals surface area contributed by atoms with Crippen LogP contribution in [0.5, 0.6) is 0 Å². The summed E-state index contributed by atoms with van der Waals surface area (Å²) < 4.78 is 0. The highest BCUT2D eigenvalue weighted by molar-refractivity contribution is 4.93. The predicted molar refractivity (Wildman–Crippen MR) is 76.7 cm³/mol. The Hall–Kier alpha value is -0.0800. The van der Waals surface area contributed by atoms with Crippen molar-refractivity contribution in [3.05, 3.63) is 0 Å². The molecule has 2 rings (SSSR count). The number of hydrogen-bond donors (Lipinski definition) is 2. The topological polar surface area (TPSA) is 32.3 Å². The number of rotatable bonds is 4. The minimum Gasteiger partial charge on any atom is -0.394 e. The van der Waals surface area contributed by atoms with Crippen molar-refractivity contribution in [1.29, 1.82) is 0 Å². The molecule has 18 heavy (non-hydrogen) atoms. The quantitative estimate of drug-likeness (QED) is 0.750.